The minimum Gasteiger partial charge on any atom is -0.493 e. The molecular weight excluding hydrogens is 448 g/mol. The van der Waals surface area contributed by atoms with Crippen molar-refractivity contribution in [2.45, 2.75) is 38.8 Å². The molecule has 0 aliphatic carbocycles. The summed E-state index contributed by atoms with van der Waals surface area (Å²) in [6, 6.07) is 9.78. The Morgan fingerprint density at radius 2 is 1.91 bits per heavy atom. The van der Waals surface area contributed by atoms with E-state index in [1.165, 1.54) is 7.11 Å². The zero-order chi connectivity index (χ0) is 23.8. The van der Waals surface area contributed by atoms with Crippen LogP contribution in [0.4, 0.5) is 5.69 Å². The average molecular weight is 477 g/mol. The van der Waals surface area contributed by atoms with Gasteiger partial charge in [0.2, 0.25) is 0 Å². The zero-order valence-electron chi connectivity index (χ0n) is 19.0. The summed E-state index contributed by atoms with van der Waals surface area (Å²) in [6.45, 7) is 4.71. The molecule has 0 aromatic heterocycles. The fourth-order valence-electron chi connectivity index (χ4n) is 3.31. The van der Waals surface area contributed by atoms with Crippen molar-refractivity contribution in [3.8, 4) is 17.2 Å². The first kappa shape index (κ1) is 24.7. The predicted octanol–water partition coefficient (Wildman–Crippen LogP) is 4.06. The van der Waals surface area contributed by atoms with E-state index in [1.54, 1.807) is 36.4 Å². The van der Waals surface area contributed by atoms with E-state index in [0.29, 0.717) is 40.1 Å². The van der Waals surface area contributed by atoms with Crippen LogP contribution in [0.2, 0.25) is 5.02 Å². The maximum atomic E-state index is 12.9. The number of benzene rings is 2. The number of hydrogen-bond acceptors (Lipinski definition) is 6. The van der Waals surface area contributed by atoms with Crippen molar-refractivity contribution >= 4 is 29.1 Å². The van der Waals surface area contributed by atoms with E-state index in [0.717, 1.165) is 19.4 Å². The summed E-state index contributed by atoms with van der Waals surface area (Å²) in [5, 5.41) is 6.05. The van der Waals surface area contributed by atoms with Crippen LogP contribution in [0.25, 0.3) is 0 Å². The summed E-state index contributed by atoms with van der Waals surface area (Å²) in [6.07, 6.45) is 2.01. The van der Waals surface area contributed by atoms with Gasteiger partial charge in [0.05, 0.1) is 18.9 Å². The van der Waals surface area contributed by atoms with E-state index in [-0.39, 0.29) is 30.6 Å². The van der Waals surface area contributed by atoms with Crippen LogP contribution in [-0.4, -0.2) is 50.9 Å². The van der Waals surface area contributed by atoms with Crippen LogP contribution in [-0.2, 0) is 9.53 Å². The topological polar surface area (TPSA) is 95.1 Å². The Labute approximate surface area is 198 Å². The second kappa shape index (κ2) is 11.8. The summed E-state index contributed by atoms with van der Waals surface area (Å²) >= 11 is 6.13. The first-order valence-electron chi connectivity index (χ1n) is 10.8. The highest BCUT2D eigenvalue weighted by molar-refractivity contribution is 6.31. The second-order valence-corrected chi connectivity index (χ2v) is 8.35. The molecule has 1 fully saturated rings. The third-order valence-electron chi connectivity index (χ3n) is 4.87. The van der Waals surface area contributed by atoms with E-state index in [9.17, 15) is 9.59 Å². The molecule has 0 spiro atoms. The number of methoxy groups -OCH3 is 1. The molecule has 0 saturated carbocycles. The Morgan fingerprint density at radius 3 is 2.61 bits per heavy atom. The number of halogens is 1. The van der Waals surface area contributed by atoms with Gasteiger partial charge < -0.3 is 29.6 Å². The van der Waals surface area contributed by atoms with Gasteiger partial charge in [-0.1, -0.05) is 11.6 Å². The molecule has 2 amide bonds. The zero-order valence-corrected chi connectivity index (χ0v) is 19.7. The third kappa shape index (κ3) is 7.27. The van der Waals surface area contributed by atoms with Crippen LogP contribution < -0.4 is 24.8 Å². The maximum absolute atomic E-state index is 12.9. The van der Waals surface area contributed by atoms with Gasteiger partial charge >= 0.3 is 0 Å². The normalized spacial score (nSPS) is 15.2. The van der Waals surface area contributed by atoms with Gasteiger partial charge in [0.1, 0.15) is 12.4 Å². The Kier molecular flexibility index (Phi) is 8.79. The van der Waals surface area contributed by atoms with Crippen LogP contribution in [0.15, 0.2) is 36.4 Å². The highest BCUT2D eigenvalue weighted by Gasteiger charge is 2.18. The fourth-order valence-corrected chi connectivity index (χ4v) is 3.49. The molecule has 1 atom stereocenters. The number of ether oxygens (including phenoxy) is 4. The van der Waals surface area contributed by atoms with Gasteiger partial charge in [-0.15, -0.1) is 0 Å². The van der Waals surface area contributed by atoms with E-state index < -0.39 is 0 Å². The van der Waals surface area contributed by atoms with Crippen molar-refractivity contribution in [2.24, 2.45) is 0 Å². The Morgan fingerprint density at radius 1 is 1.12 bits per heavy atom. The van der Waals surface area contributed by atoms with E-state index in [1.807, 2.05) is 13.8 Å². The highest BCUT2D eigenvalue weighted by atomic mass is 35.5. The van der Waals surface area contributed by atoms with Crippen molar-refractivity contribution in [1.82, 2.24) is 5.32 Å². The van der Waals surface area contributed by atoms with Gasteiger partial charge in [0, 0.05) is 23.2 Å². The van der Waals surface area contributed by atoms with Gasteiger partial charge in [0.15, 0.2) is 18.1 Å². The Hall–Kier alpha value is -2.97. The molecule has 0 bridgehead atoms. The second-order valence-electron chi connectivity index (χ2n) is 7.92. The fraction of sp³-hybridized carbons (Fsp3) is 0.417. The van der Waals surface area contributed by atoms with Gasteiger partial charge in [-0.2, -0.15) is 0 Å². The van der Waals surface area contributed by atoms with E-state index in [2.05, 4.69) is 10.6 Å². The highest BCUT2D eigenvalue weighted by Crippen LogP contribution is 2.31. The summed E-state index contributed by atoms with van der Waals surface area (Å²) in [5.74, 6) is 0.579. The molecule has 1 aliphatic heterocycles. The molecule has 2 aromatic rings. The number of carbonyl (C=O) groups excluding carboxylic acids is 2. The van der Waals surface area contributed by atoms with E-state index in [4.69, 9.17) is 30.5 Å². The molecule has 1 heterocycles. The number of amides is 2. The summed E-state index contributed by atoms with van der Waals surface area (Å²) in [4.78, 5) is 24.7. The average Bonchev–Trinajstić information content (AvgIpc) is 3.30. The molecule has 1 unspecified atom stereocenters. The molecule has 0 radical (unpaired) electrons. The van der Waals surface area contributed by atoms with Crippen molar-refractivity contribution in [3.05, 3.63) is 47.0 Å². The number of rotatable bonds is 10. The molecule has 178 valence electrons. The van der Waals surface area contributed by atoms with Crippen LogP contribution >= 0.6 is 11.6 Å². The monoisotopic (exact) mass is 476 g/mol. The number of hydrogen-bond donors (Lipinski definition) is 2. The minimum atomic E-state index is -0.373. The molecule has 1 saturated heterocycles. The predicted molar refractivity (Wildman–Crippen MR) is 126 cm³/mol. The Balaban J connectivity index is 1.68. The lowest BCUT2D eigenvalue weighted by Crippen LogP contribution is -2.34. The van der Waals surface area contributed by atoms with Crippen LogP contribution in [0, 0.1) is 0 Å². The van der Waals surface area contributed by atoms with Crippen molar-refractivity contribution in [2.75, 3.05) is 32.2 Å². The van der Waals surface area contributed by atoms with Gasteiger partial charge in [-0.25, -0.2) is 0 Å². The first-order valence-corrected chi connectivity index (χ1v) is 11.2. The summed E-state index contributed by atoms with van der Waals surface area (Å²) < 4.78 is 22.4. The lowest BCUT2D eigenvalue weighted by Gasteiger charge is -2.16. The molecular formula is C24H29ClN2O6. The molecule has 3 rings (SSSR count). The molecule has 33 heavy (non-hydrogen) atoms. The lowest BCUT2D eigenvalue weighted by atomic mass is 10.1. The molecule has 2 N–H and O–H groups in total. The maximum Gasteiger partial charge on any atom is 0.258 e. The number of anilines is 1. The van der Waals surface area contributed by atoms with Crippen molar-refractivity contribution in [3.63, 3.8) is 0 Å². The van der Waals surface area contributed by atoms with Crippen LogP contribution in [0.1, 0.15) is 37.0 Å². The van der Waals surface area contributed by atoms with Crippen LogP contribution in [0.3, 0.4) is 0 Å². The molecule has 8 nitrogen and oxygen atoms in total. The SMILES string of the molecule is COc1cc(C(=O)Nc2cc(Cl)ccc2OCC2CCCO2)ccc1OCC(=O)NC(C)C. The smallest absolute Gasteiger partial charge is 0.258 e. The molecule has 1 aliphatic rings. The number of nitrogens with one attached hydrogen (secondary N) is 2. The number of carbonyl (C=O) groups is 2. The first-order chi connectivity index (χ1) is 15.9. The van der Waals surface area contributed by atoms with Gasteiger partial charge in [0.25, 0.3) is 11.8 Å². The molecule has 2 aromatic carbocycles. The van der Waals surface area contributed by atoms with Crippen molar-refractivity contribution in [1.29, 1.82) is 0 Å². The lowest BCUT2D eigenvalue weighted by molar-refractivity contribution is -0.123. The minimum absolute atomic E-state index is 0.0140. The molecule has 9 heteroatoms. The quantitative estimate of drug-likeness (QED) is 0.537. The van der Waals surface area contributed by atoms with E-state index >= 15 is 0 Å². The van der Waals surface area contributed by atoms with Crippen molar-refractivity contribution < 1.29 is 28.5 Å². The summed E-state index contributed by atoms with van der Waals surface area (Å²) in [7, 11) is 1.46. The van der Waals surface area contributed by atoms with Gasteiger partial charge in [-0.3, -0.25) is 9.59 Å². The third-order valence-corrected chi connectivity index (χ3v) is 5.11. The Bertz CT molecular complexity index is 975. The standard InChI is InChI=1S/C24H29ClN2O6/c1-15(2)26-23(28)14-33-21-8-6-16(11-22(21)30-3)24(29)27-19-12-17(25)7-9-20(19)32-13-18-5-4-10-31-18/h6-9,11-12,15,18H,4-5,10,13-14H2,1-3H3,(H,26,28)(H,27,29). The van der Waals surface area contributed by atoms with Gasteiger partial charge in [-0.05, 0) is 63.1 Å². The summed E-state index contributed by atoms with van der Waals surface area (Å²) in [5.41, 5.74) is 0.797. The van der Waals surface area contributed by atoms with Crippen LogP contribution in [0.5, 0.6) is 17.2 Å². The largest absolute Gasteiger partial charge is 0.493 e.